The molecule has 0 saturated heterocycles. The van der Waals surface area contributed by atoms with Gasteiger partial charge in [-0.3, -0.25) is 9.59 Å². The summed E-state index contributed by atoms with van der Waals surface area (Å²) in [5, 5.41) is 3.05. The molecule has 0 radical (unpaired) electrons. The number of carbonyl (C=O) groups is 2. The van der Waals surface area contributed by atoms with E-state index in [9.17, 15) is 9.59 Å². The maximum atomic E-state index is 13.6. The highest BCUT2D eigenvalue weighted by atomic mass is 32.1. The molecule has 35 heavy (non-hydrogen) atoms. The Kier molecular flexibility index (Phi) is 7.87. The van der Waals surface area contributed by atoms with E-state index in [1.54, 1.807) is 18.1 Å². The fourth-order valence-electron chi connectivity index (χ4n) is 4.11. The summed E-state index contributed by atoms with van der Waals surface area (Å²) in [6.45, 7) is 4.94. The van der Waals surface area contributed by atoms with Crippen molar-refractivity contribution in [3.8, 4) is 5.75 Å². The molecule has 7 heteroatoms. The van der Waals surface area contributed by atoms with Crippen molar-refractivity contribution in [2.45, 2.75) is 32.9 Å². The maximum absolute atomic E-state index is 13.6. The molecule has 1 N–H and O–H groups in total. The number of aromatic amines is 1. The number of thiophene rings is 1. The van der Waals surface area contributed by atoms with Crippen molar-refractivity contribution in [2.24, 2.45) is 0 Å². The molecule has 2 aromatic heterocycles. The van der Waals surface area contributed by atoms with Crippen molar-refractivity contribution >= 4 is 34.1 Å². The first-order valence-corrected chi connectivity index (χ1v) is 12.6. The Morgan fingerprint density at radius 3 is 2.49 bits per heavy atom. The number of benzene rings is 2. The first-order valence-electron chi connectivity index (χ1n) is 11.8. The third-order valence-electron chi connectivity index (χ3n) is 6.13. The van der Waals surface area contributed by atoms with Crippen LogP contribution >= 0.6 is 11.3 Å². The Morgan fingerprint density at radius 2 is 1.80 bits per heavy atom. The Hall–Kier alpha value is -3.58. The summed E-state index contributed by atoms with van der Waals surface area (Å²) < 4.78 is 5.27. The number of ether oxygens (including phenoxy) is 1. The minimum Gasteiger partial charge on any atom is -0.497 e. The van der Waals surface area contributed by atoms with Crippen LogP contribution in [0, 0.1) is 0 Å². The number of rotatable bonds is 10. The first-order chi connectivity index (χ1) is 17.0. The van der Waals surface area contributed by atoms with E-state index < -0.39 is 0 Å². The summed E-state index contributed by atoms with van der Waals surface area (Å²) >= 11 is 1.40. The molecule has 2 amide bonds. The van der Waals surface area contributed by atoms with E-state index in [2.05, 4.69) is 17.1 Å². The lowest BCUT2D eigenvalue weighted by Crippen LogP contribution is -2.46. The van der Waals surface area contributed by atoms with E-state index in [-0.39, 0.29) is 24.4 Å². The van der Waals surface area contributed by atoms with Crippen LogP contribution in [0.4, 0.5) is 0 Å². The molecule has 0 unspecified atom stereocenters. The monoisotopic (exact) mass is 489 g/mol. The second kappa shape index (κ2) is 11.2. The molecule has 2 aromatic carbocycles. The van der Waals surface area contributed by atoms with Crippen LogP contribution in [0.1, 0.15) is 34.6 Å². The van der Waals surface area contributed by atoms with Gasteiger partial charge in [0.25, 0.3) is 5.91 Å². The maximum Gasteiger partial charge on any atom is 0.264 e. The normalized spacial score (nSPS) is 11.1. The minimum atomic E-state index is -0.107. The quantitative estimate of drug-likeness (QED) is 0.326. The number of nitrogens with one attached hydrogen (secondary N) is 1. The number of hydrogen-bond donors (Lipinski definition) is 1. The standard InChI is InChI=1S/C28H31N3O3S/c1-20(2)31(28(33)26-9-6-16-35-26)19-27(32)30(18-21-10-12-23(34-3)13-11-21)15-14-22-17-29-25-8-5-4-7-24(22)25/h4-13,16-17,20,29H,14-15,18-19H2,1-3H3. The molecule has 0 bridgehead atoms. The van der Waals surface area contributed by atoms with Gasteiger partial charge >= 0.3 is 0 Å². The highest BCUT2D eigenvalue weighted by molar-refractivity contribution is 7.12. The van der Waals surface area contributed by atoms with Crippen LogP contribution in [0.25, 0.3) is 10.9 Å². The zero-order valence-corrected chi connectivity index (χ0v) is 21.2. The Morgan fingerprint density at radius 1 is 1.03 bits per heavy atom. The summed E-state index contributed by atoms with van der Waals surface area (Å²) in [6.07, 6.45) is 2.73. The molecule has 6 nitrogen and oxygen atoms in total. The molecular weight excluding hydrogens is 458 g/mol. The van der Waals surface area contributed by atoms with Gasteiger partial charge < -0.3 is 19.5 Å². The summed E-state index contributed by atoms with van der Waals surface area (Å²) in [5.41, 5.74) is 3.27. The summed E-state index contributed by atoms with van der Waals surface area (Å²) in [7, 11) is 1.64. The van der Waals surface area contributed by atoms with Gasteiger partial charge in [0.2, 0.25) is 5.91 Å². The fourth-order valence-corrected chi connectivity index (χ4v) is 4.79. The number of carbonyl (C=O) groups excluding carboxylic acids is 2. The number of methoxy groups -OCH3 is 1. The van der Waals surface area contributed by atoms with Crippen molar-refractivity contribution < 1.29 is 14.3 Å². The largest absolute Gasteiger partial charge is 0.497 e. The predicted molar refractivity (Wildman–Crippen MR) is 141 cm³/mol. The summed E-state index contributed by atoms with van der Waals surface area (Å²) in [4.78, 5) is 34.1. The van der Waals surface area contributed by atoms with Gasteiger partial charge in [0.15, 0.2) is 0 Å². The van der Waals surface area contributed by atoms with Crippen LogP contribution < -0.4 is 4.74 Å². The molecule has 0 spiro atoms. The average molecular weight is 490 g/mol. The third-order valence-corrected chi connectivity index (χ3v) is 6.99. The minimum absolute atomic E-state index is 0.0401. The second-order valence-electron chi connectivity index (χ2n) is 8.78. The lowest BCUT2D eigenvalue weighted by Gasteiger charge is -2.30. The average Bonchev–Trinajstić information content (AvgIpc) is 3.55. The third kappa shape index (κ3) is 5.92. The molecule has 0 fully saturated rings. The SMILES string of the molecule is COc1ccc(CN(CCc2c[nH]c3ccccc23)C(=O)CN(C(=O)c2cccs2)C(C)C)cc1. The number of para-hydroxylation sites is 1. The highest BCUT2D eigenvalue weighted by Crippen LogP contribution is 2.20. The molecule has 0 atom stereocenters. The van der Waals surface area contributed by atoms with Crippen molar-refractivity contribution in [3.05, 3.63) is 88.2 Å². The van der Waals surface area contributed by atoms with Crippen molar-refractivity contribution in [1.82, 2.24) is 14.8 Å². The van der Waals surface area contributed by atoms with Crippen molar-refractivity contribution in [1.29, 1.82) is 0 Å². The van der Waals surface area contributed by atoms with E-state index in [1.807, 2.05) is 72.8 Å². The van der Waals surface area contributed by atoms with Gasteiger partial charge in [0.1, 0.15) is 12.3 Å². The van der Waals surface area contributed by atoms with Gasteiger partial charge in [-0.15, -0.1) is 11.3 Å². The molecule has 182 valence electrons. The number of hydrogen-bond acceptors (Lipinski definition) is 4. The zero-order chi connectivity index (χ0) is 24.8. The molecule has 4 rings (SSSR count). The number of H-pyrrole nitrogens is 1. The number of amides is 2. The van der Waals surface area contributed by atoms with E-state index in [0.717, 1.165) is 16.8 Å². The van der Waals surface area contributed by atoms with E-state index in [1.165, 1.54) is 22.3 Å². The molecule has 2 heterocycles. The second-order valence-corrected chi connectivity index (χ2v) is 9.72. The number of nitrogens with zero attached hydrogens (tertiary/aromatic N) is 2. The highest BCUT2D eigenvalue weighted by Gasteiger charge is 2.25. The van der Waals surface area contributed by atoms with Crippen LogP contribution in [0.3, 0.4) is 0 Å². The Bertz CT molecular complexity index is 1260. The van der Waals surface area contributed by atoms with Gasteiger partial charge in [-0.2, -0.15) is 0 Å². The molecule has 4 aromatic rings. The van der Waals surface area contributed by atoms with Gasteiger partial charge in [-0.05, 0) is 61.0 Å². The van der Waals surface area contributed by atoms with E-state index >= 15 is 0 Å². The first kappa shape index (κ1) is 24.5. The topological polar surface area (TPSA) is 65.6 Å². The van der Waals surface area contributed by atoms with Crippen LogP contribution in [0.5, 0.6) is 5.75 Å². The summed E-state index contributed by atoms with van der Waals surface area (Å²) in [6, 6.07) is 19.5. The van der Waals surface area contributed by atoms with Crippen LogP contribution in [-0.2, 0) is 17.8 Å². The van der Waals surface area contributed by atoms with Crippen molar-refractivity contribution in [2.75, 3.05) is 20.2 Å². The molecule has 0 saturated carbocycles. The van der Waals surface area contributed by atoms with Crippen LogP contribution in [-0.4, -0.2) is 52.8 Å². The molecule has 0 aliphatic carbocycles. The van der Waals surface area contributed by atoms with Crippen LogP contribution in [0.2, 0.25) is 0 Å². The van der Waals surface area contributed by atoms with Gasteiger partial charge in [0, 0.05) is 36.2 Å². The lowest BCUT2D eigenvalue weighted by atomic mass is 10.1. The van der Waals surface area contributed by atoms with Crippen molar-refractivity contribution in [3.63, 3.8) is 0 Å². The molecular formula is C28H31N3O3S. The van der Waals surface area contributed by atoms with Gasteiger partial charge in [-0.1, -0.05) is 36.4 Å². The van der Waals surface area contributed by atoms with Gasteiger partial charge in [-0.25, -0.2) is 0 Å². The number of aromatic nitrogens is 1. The molecule has 0 aliphatic rings. The van der Waals surface area contributed by atoms with E-state index in [4.69, 9.17) is 4.74 Å². The number of fused-ring (bicyclic) bond motifs is 1. The van der Waals surface area contributed by atoms with Gasteiger partial charge in [0.05, 0.1) is 12.0 Å². The Balaban J connectivity index is 1.53. The predicted octanol–water partition coefficient (Wildman–Crippen LogP) is 5.36. The zero-order valence-electron chi connectivity index (χ0n) is 20.4. The smallest absolute Gasteiger partial charge is 0.264 e. The summed E-state index contributed by atoms with van der Waals surface area (Å²) in [5.74, 6) is 0.599. The lowest BCUT2D eigenvalue weighted by molar-refractivity contribution is -0.132. The van der Waals surface area contributed by atoms with E-state index in [0.29, 0.717) is 24.4 Å². The fraction of sp³-hybridized carbons (Fsp3) is 0.286. The van der Waals surface area contributed by atoms with Crippen LogP contribution in [0.15, 0.2) is 72.2 Å². The molecule has 0 aliphatic heterocycles. The Labute approximate surface area is 210 Å².